The van der Waals surface area contributed by atoms with Crippen LogP contribution in [0.5, 0.6) is 5.75 Å². The number of nitrogens with zero attached hydrogens (tertiary/aromatic N) is 1. The van der Waals surface area contributed by atoms with Gasteiger partial charge < -0.3 is 9.64 Å². The first-order valence-corrected chi connectivity index (χ1v) is 6.83. The summed E-state index contributed by atoms with van der Waals surface area (Å²) in [4.78, 5) is 35.4. The van der Waals surface area contributed by atoms with Gasteiger partial charge in [0.05, 0.1) is 13.0 Å². The number of benzene rings is 1. The third-order valence-electron chi connectivity index (χ3n) is 2.68. The molecule has 20 heavy (non-hydrogen) atoms. The van der Waals surface area contributed by atoms with E-state index >= 15 is 0 Å². The van der Waals surface area contributed by atoms with Gasteiger partial charge in [0.2, 0.25) is 17.7 Å². The number of imide groups is 1. The molecule has 0 saturated carbocycles. The zero-order valence-corrected chi connectivity index (χ0v) is 12.2. The van der Waals surface area contributed by atoms with Crippen LogP contribution in [-0.2, 0) is 14.4 Å². The summed E-state index contributed by atoms with van der Waals surface area (Å²) in [6.45, 7) is 0.0323. The summed E-state index contributed by atoms with van der Waals surface area (Å²) in [6.07, 6.45) is 0.118. The van der Waals surface area contributed by atoms with Crippen molar-refractivity contribution in [3.05, 3.63) is 28.7 Å². The second-order valence-corrected chi connectivity index (χ2v) is 5.19. The molecule has 1 aromatic rings. The van der Waals surface area contributed by atoms with Gasteiger partial charge in [0.25, 0.3) is 0 Å². The number of carbonyl (C=O) groups is 3. The van der Waals surface area contributed by atoms with Crippen LogP contribution in [-0.4, -0.2) is 42.3 Å². The Morgan fingerprint density at radius 3 is 2.65 bits per heavy atom. The Morgan fingerprint density at radius 2 is 2.00 bits per heavy atom. The predicted octanol–water partition coefficient (Wildman–Crippen LogP) is 0.703. The number of amides is 3. The lowest BCUT2D eigenvalue weighted by atomic mass is 10.3. The van der Waals surface area contributed by atoms with E-state index in [0.717, 1.165) is 4.47 Å². The number of rotatable bonds is 4. The largest absolute Gasteiger partial charge is 0.493 e. The summed E-state index contributed by atoms with van der Waals surface area (Å²) < 4.78 is 6.33. The van der Waals surface area contributed by atoms with Crippen molar-refractivity contribution in [2.45, 2.75) is 6.42 Å². The zero-order chi connectivity index (χ0) is 14.5. The second kappa shape index (κ2) is 6.51. The van der Waals surface area contributed by atoms with Gasteiger partial charge in [-0.2, -0.15) is 0 Å². The van der Waals surface area contributed by atoms with Crippen LogP contribution in [0, 0.1) is 0 Å². The fourth-order valence-electron chi connectivity index (χ4n) is 1.78. The van der Waals surface area contributed by atoms with Crippen molar-refractivity contribution >= 4 is 33.7 Å². The maximum absolute atomic E-state index is 11.9. The zero-order valence-electron chi connectivity index (χ0n) is 10.6. The molecule has 1 heterocycles. The maximum Gasteiger partial charge on any atom is 0.246 e. The van der Waals surface area contributed by atoms with Crippen molar-refractivity contribution in [1.29, 1.82) is 0 Å². The van der Waals surface area contributed by atoms with E-state index in [1.807, 2.05) is 12.1 Å². The minimum absolute atomic E-state index is 0.0819. The van der Waals surface area contributed by atoms with Crippen molar-refractivity contribution in [3.63, 3.8) is 0 Å². The SMILES string of the molecule is O=C1CN(C(=O)CCOc2cccc(Br)c2)CC(=O)N1. The first-order valence-electron chi connectivity index (χ1n) is 6.03. The van der Waals surface area contributed by atoms with E-state index in [4.69, 9.17) is 4.74 Å². The third kappa shape index (κ3) is 4.06. The average Bonchev–Trinajstić information content (AvgIpc) is 2.37. The lowest BCUT2D eigenvalue weighted by Crippen LogP contribution is -2.53. The van der Waals surface area contributed by atoms with Crippen LogP contribution >= 0.6 is 15.9 Å². The first kappa shape index (κ1) is 14.5. The lowest BCUT2D eigenvalue weighted by Gasteiger charge is -2.25. The minimum atomic E-state index is -0.456. The Morgan fingerprint density at radius 1 is 1.30 bits per heavy atom. The Hall–Kier alpha value is -1.89. The number of hydrogen-bond acceptors (Lipinski definition) is 4. The van der Waals surface area contributed by atoms with Crippen molar-refractivity contribution in [2.24, 2.45) is 0 Å². The van der Waals surface area contributed by atoms with E-state index in [2.05, 4.69) is 21.2 Å². The molecule has 2 rings (SSSR count). The summed E-state index contributed by atoms with van der Waals surface area (Å²) in [5.41, 5.74) is 0. The van der Waals surface area contributed by atoms with Gasteiger partial charge in [-0.25, -0.2) is 0 Å². The second-order valence-electron chi connectivity index (χ2n) is 4.28. The summed E-state index contributed by atoms with van der Waals surface area (Å²) in [5.74, 6) is -0.534. The van der Waals surface area contributed by atoms with Crippen molar-refractivity contribution in [1.82, 2.24) is 10.2 Å². The number of halogens is 1. The molecular weight excluding hydrogens is 328 g/mol. The third-order valence-corrected chi connectivity index (χ3v) is 3.17. The molecule has 0 spiro atoms. The van der Waals surface area contributed by atoms with E-state index in [0.29, 0.717) is 5.75 Å². The quantitative estimate of drug-likeness (QED) is 0.819. The van der Waals surface area contributed by atoms with Crippen LogP contribution in [0.1, 0.15) is 6.42 Å². The molecule has 0 unspecified atom stereocenters. The molecule has 1 aliphatic rings. The van der Waals surface area contributed by atoms with Crippen LogP contribution in [0.3, 0.4) is 0 Å². The maximum atomic E-state index is 11.9. The average molecular weight is 341 g/mol. The summed E-state index contributed by atoms with van der Waals surface area (Å²) in [6, 6.07) is 7.28. The van der Waals surface area contributed by atoms with E-state index < -0.39 is 11.8 Å². The van der Waals surface area contributed by atoms with E-state index in [9.17, 15) is 14.4 Å². The topological polar surface area (TPSA) is 75.7 Å². The molecule has 1 aliphatic heterocycles. The van der Waals surface area contributed by atoms with E-state index in [1.54, 1.807) is 12.1 Å². The molecule has 7 heteroatoms. The molecule has 1 N–H and O–H groups in total. The van der Waals surface area contributed by atoms with Crippen LogP contribution in [0.25, 0.3) is 0 Å². The van der Waals surface area contributed by atoms with Gasteiger partial charge in [0, 0.05) is 4.47 Å². The van der Waals surface area contributed by atoms with Gasteiger partial charge in [-0.3, -0.25) is 19.7 Å². The molecule has 6 nitrogen and oxygen atoms in total. The molecule has 0 atom stereocenters. The highest BCUT2D eigenvalue weighted by Crippen LogP contribution is 2.17. The number of ether oxygens (including phenoxy) is 1. The molecule has 0 aromatic heterocycles. The van der Waals surface area contributed by atoms with Gasteiger partial charge in [-0.05, 0) is 18.2 Å². The van der Waals surface area contributed by atoms with Gasteiger partial charge in [-0.15, -0.1) is 0 Å². The highest BCUT2D eigenvalue weighted by molar-refractivity contribution is 9.10. The van der Waals surface area contributed by atoms with Gasteiger partial charge in [0.15, 0.2) is 0 Å². The van der Waals surface area contributed by atoms with Crippen LogP contribution in [0.2, 0.25) is 0 Å². The Kier molecular flexibility index (Phi) is 4.73. The Balaban J connectivity index is 1.80. The van der Waals surface area contributed by atoms with Crippen molar-refractivity contribution < 1.29 is 19.1 Å². The summed E-state index contributed by atoms with van der Waals surface area (Å²) in [7, 11) is 0. The highest BCUT2D eigenvalue weighted by atomic mass is 79.9. The molecule has 0 radical (unpaired) electrons. The van der Waals surface area contributed by atoms with Crippen LogP contribution in [0.4, 0.5) is 0 Å². The lowest BCUT2D eigenvalue weighted by molar-refractivity contribution is -0.145. The molecule has 3 amide bonds. The van der Waals surface area contributed by atoms with Gasteiger partial charge in [-0.1, -0.05) is 22.0 Å². The Bertz CT molecular complexity index is 531. The number of hydrogen-bond donors (Lipinski definition) is 1. The minimum Gasteiger partial charge on any atom is -0.493 e. The monoisotopic (exact) mass is 340 g/mol. The predicted molar refractivity (Wildman–Crippen MR) is 74.0 cm³/mol. The van der Waals surface area contributed by atoms with Gasteiger partial charge in [0.1, 0.15) is 18.8 Å². The summed E-state index contributed by atoms with van der Waals surface area (Å²) >= 11 is 3.32. The number of piperazine rings is 1. The van der Waals surface area contributed by atoms with Gasteiger partial charge >= 0.3 is 0 Å². The molecule has 1 aromatic carbocycles. The standard InChI is InChI=1S/C13H13BrN2O4/c14-9-2-1-3-10(6-9)20-5-4-13(19)16-7-11(17)15-12(18)8-16/h1-3,6H,4-5,7-8H2,(H,15,17,18). The fraction of sp³-hybridized carbons (Fsp3) is 0.308. The van der Waals surface area contributed by atoms with E-state index in [-0.39, 0.29) is 32.0 Å². The Labute approximate surface area is 124 Å². The molecular formula is C13H13BrN2O4. The van der Waals surface area contributed by atoms with Crippen molar-refractivity contribution in [3.8, 4) is 5.75 Å². The molecule has 1 saturated heterocycles. The van der Waals surface area contributed by atoms with Crippen LogP contribution in [0.15, 0.2) is 28.7 Å². The fourth-order valence-corrected chi connectivity index (χ4v) is 2.16. The molecule has 1 fully saturated rings. The molecule has 106 valence electrons. The van der Waals surface area contributed by atoms with Crippen LogP contribution < -0.4 is 10.1 Å². The van der Waals surface area contributed by atoms with Crippen molar-refractivity contribution in [2.75, 3.05) is 19.7 Å². The first-order chi connectivity index (χ1) is 9.54. The molecule has 0 bridgehead atoms. The number of nitrogens with one attached hydrogen (secondary N) is 1. The highest BCUT2D eigenvalue weighted by Gasteiger charge is 2.25. The molecule has 0 aliphatic carbocycles. The normalized spacial score (nSPS) is 14.9. The number of carbonyl (C=O) groups excluding carboxylic acids is 3. The summed E-state index contributed by atoms with van der Waals surface area (Å²) in [5, 5.41) is 2.14. The smallest absolute Gasteiger partial charge is 0.246 e. The van der Waals surface area contributed by atoms with E-state index in [1.165, 1.54) is 4.90 Å².